The van der Waals surface area contributed by atoms with Crippen LogP contribution in [-0.2, 0) is 13.1 Å². The number of nitrogens with one attached hydrogen (secondary N) is 1. The Morgan fingerprint density at radius 3 is 2.07 bits per heavy atom. The highest BCUT2D eigenvalue weighted by Crippen LogP contribution is 2.18. The molecule has 30 heavy (non-hydrogen) atoms. The summed E-state index contributed by atoms with van der Waals surface area (Å²) in [5.41, 5.74) is 3.59. The Morgan fingerprint density at radius 2 is 1.43 bits per heavy atom. The minimum Gasteiger partial charge on any atom is -0.497 e. The SMILES string of the molecule is Br.COc1ccc(OCCn2c(=N)n(Cc3ccc(Cl)cc3)c3ccccc32)cc1. The van der Waals surface area contributed by atoms with E-state index in [9.17, 15) is 0 Å². The van der Waals surface area contributed by atoms with E-state index >= 15 is 0 Å². The van der Waals surface area contributed by atoms with Gasteiger partial charge in [0, 0.05) is 5.02 Å². The molecule has 0 bridgehead atoms. The third-order valence-corrected chi connectivity index (χ3v) is 5.12. The number of imidazole rings is 1. The summed E-state index contributed by atoms with van der Waals surface area (Å²) < 4.78 is 15.0. The molecule has 156 valence electrons. The molecule has 1 N–H and O–H groups in total. The topological polar surface area (TPSA) is 52.2 Å². The molecular weight excluding hydrogens is 466 g/mol. The van der Waals surface area contributed by atoms with Crippen LogP contribution in [0.2, 0.25) is 5.02 Å². The number of halogens is 2. The molecule has 1 aromatic heterocycles. The molecule has 0 aliphatic rings. The van der Waals surface area contributed by atoms with Crippen LogP contribution in [0.4, 0.5) is 0 Å². The zero-order chi connectivity index (χ0) is 20.2. The number of hydrogen-bond acceptors (Lipinski definition) is 3. The lowest BCUT2D eigenvalue weighted by Gasteiger charge is -2.09. The summed E-state index contributed by atoms with van der Waals surface area (Å²) in [7, 11) is 1.64. The molecule has 0 aliphatic carbocycles. The molecule has 0 amide bonds. The molecule has 0 radical (unpaired) electrons. The van der Waals surface area contributed by atoms with Crippen LogP contribution in [0.25, 0.3) is 11.0 Å². The zero-order valence-corrected chi connectivity index (χ0v) is 19.0. The van der Waals surface area contributed by atoms with Crippen LogP contribution in [-0.4, -0.2) is 22.9 Å². The highest BCUT2D eigenvalue weighted by molar-refractivity contribution is 8.93. The summed E-state index contributed by atoms with van der Waals surface area (Å²) in [6.07, 6.45) is 0. The fraction of sp³-hybridized carbons (Fsp3) is 0.174. The maximum Gasteiger partial charge on any atom is 0.203 e. The summed E-state index contributed by atoms with van der Waals surface area (Å²) in [6.45, 7) is 1.67. The number of nitrogens with zero attached hydrogens (tertiary/aromatic N) is 2. The van der Waals surface area contributed by atoms with Crippen molar-refractivity contribution in [2.24, 2.45) is 0 Å². The normalized spacial score (nSPS) is 10.6. The number of methoxy groups -OCH3 is 1. The number of aromatic nitrogens is 2. The molecule has 0 atom stereocenters. The third-order valence-electron chi connectivity index (χ3n) is 4.87. The Morgan fingerprint density at radius 1 is 0.833 bits per heavy atom. The second-order valence-electron chi connectivity index (χ2n) is 6.70. The van der Waals surface area contributed by atoms with Gasteiger partial charge in [-0.3, -0.25) is 5.41 Å². The monoisotopic (exact) mass is 487 g/mol. The van der Waals surface area contributed by atoms with Crippen LogP contribution in [0.5, 0.6) is 11.5 Å². The maximum atomic E-state index is 8.73. The average molecular weight is 489 g/mol. The predicted molar refractivity (Wildman–Crippen MR) is 125 cm³/mol. The van der Waals surface area contributed by atoms with E-state index in [0.717, 1.165) is 28.1 Å². The van der Waals surface area contributed by atoms with Crippen LogP contribution in [0.15, 0.2) is 72.8 Å². The first-order valence-electron chi connectivity index (χ1n) is 9.39. The van der Waals surface area contributed by atoms with Crippen LogP contribution in [0.1, 0.15) is 5.56 Å². The molecule has 4 rings (SSSR count). The number of ether oxygens (including phenoxy) is 2. The first-order chi connectivity index (χ1) is 14.2. The number of hydrogen-bond donors (Lipinski definition) is 1. The average Bonchev–Trinajstić information content (AvgIpc) is 3.02. The van der Waals surface area contributed by atoms with E-state index in [4.69, 9.17) is 26.5 Å². The fourth-order valence-corrected chi connectivity index (χ4v) is 3.51. The lowest BCUT2D eigenvalue weighted by Crippen LogP contribution is -2.27. The fourth-order valence-electron chi connectivity index (χ4n) is 3.38. The molecule has 1 heterocycles. The summed E-state index contributed by atoms with van der Waals surface area (Å²) >= 11 is 6.00. The summed E-state index contributed by atoms with van der Waals surface area (Å²) in [5.74, 6) is 1.58. The minimum atomic E-state index is 0. The Balaban J connectivity index is 0.00000256. The van der Waals surface area contributed by atoms with Crippen molar-refractivity contribution in [2.45, 2.75) is 13.1 Å². The van der Waals surface area contributed by atoms with Gasteiger partial charge in [-0.15, -0.1) is 17.0 Å². The first-order valence-corrected chi connectivity index (χ1v) is 9.77. The van der Waals surface area contributed by atoms with E-state index in [1.54, 1.807) is 7.11 Å². The molecular formula is C23H23BrClN3O2. The van der Waals surface area contributed by atoms with Crippen LogP contribution >= 0.6 is 28.6 Å². The molecule has 0 aliphatic heterocycles. The molecule has 3 aromatic carbocycles. The second kappa shape index (κ2) is 9.87. The number of benzene rings is 3. The van der Waals surface area contributed by atoms with Gasteiger partial charge >= 0.3 is 0 Å². The lowest BCUT2D eigenvalue weighted by atomic mass is 10.2. The van der Waals surface area contributed by atoms with E-state index in [0.29, 0.717) is 30.3 Å². The molecule has 0 saturated carbocycles. The third kappa shape index (κ3) is 4.71. The van der Waals surface area contributed by atoms with Gasteiger partial charge in [0.05, 0.1) is 31.2 Å². The molecule has 0 spiro atoms. The Hall–Kier alpha value is -2.70. The van der Waals surface area contributed by atoms with E-state index in [1.807, 2.05) is 81.9 Å². The van der Waals surface area contributed by atoms with Gasteiger partial charge in [-0.1, -0.05) is 35.9 Å². The van der Waals surface area contributed by atoms with Crippen LogP contribution in [0, 0.1) is 5.41 Å². The Labute approximate surface area is 190 Å². The molecule has 4 aromatic rings. The van der Waals surface area contributed by atoms with E-state index < -0.39 is 0 Å². The van der Waals surface area contributed by atoms with Crippen molar-refractivity contribution >= 4 is 39.6 Å². The van der Waals surface area contributed by atoms with Gasteiger partial charge < -0.3 is 18.6 Å². The highest BCUT2D eigenvalue weighted by Gasteiger charge is 2.11. The van der Waals surface area contributed by atoms with Crippen molar-refractivity contribution in [3.63, 3.8) is 0 Å². The number of para-hydroxylation sites is 2. The predicted octanol–water partition coefficient (Wildman–Crippen LogP) is 5.29. The zero-order valence-electron chi connectivity index (χ0n) is 16.5. The molecule has 7 heteroatoms. The minimum absolute atomic E-state index is 0. The smallest absolute Gasteiger partial charge is 0.203 e. The second-order valence-corrected chi connectivity index (χ2v) is 7.14. The molecule has 5 nitrogen and oxygen atoms in total. The maximum absolute atomic E-state index is 8.73. The Kier molecular flexibility index (Phi) is 7.24. The van der Waals surface area contributed by atoms with Crippen molar-refractivity contribution in [3.8, 4) is 11.5 Å². The standard InChI is InChI=1S/C23H22ClN3O2.BrH/c1-28-19-10-12-20(13-11-19)29-15-14-26-21-4-2-3-5-22(21)27(23(26)25)16-17-6-8-18(24)9-7-17;/h2-13,25H,14-16H2,1H3;1H. The van der Waals surface area contributed by atoms with Gasteiger partial charge in [0.2, 0.25) is 5.62 Å². The van der Waals surface area contributed by atoms with Gasteiger partial charge in [-0.05, 0) is 54.1 Å². The van der Waals surface area contributed by atoms with Gasteiger partial charge in [0.1, 0.15) is 18.1 Å². The molecule has 0 fully saturated rings. The van der Waals surface area contributed by atoms with Crippen molar-refractivity contribution in [3.05, 3.63) is 89.0 Å². The highest BCUT2D eigenvalue weighted by atomic mass is 79.9. The van der Waals surface area contributed by atoms with Gasteiger partial charge in [-0.2, -0.15) is 0 Å². The largest absolute Gasteiger partial charge is 0.497 e. The molecule has 0 unspecified atom stereocenters. The van der Waals surface area contributed by atoms with Crippen molar-refractivity contribution < 1.29 is 9.47 Å². The first kappa shape index (κ1) is 22.0. The van der Waals surface area contributed by atoms with E-state index in [2.05, 4.69) is 0 Å². The van der Waals surface area contributed by atoms with Gasteiger partial charge in [-0.25, -0.2) is 0 Å². The van der Waals surface area contributed by atoms with Gasteiger partial charge in [0.15, 0.2) is 0 Å². The van der Waals surface area contributed by atoms with Crippen molar-refractivity contribution in [1.29, 1.82) is 5.41 Å². The van der Waals surface area contributed by atoms with Crippen molar-refractivity contribution in [1.82, 2.24) is 9.13 Å². The van der Waals surface area contributed by atoms with Crippen molar-refractivity contribution in [2.75, 3.05) is 13.7 Å². The Bertz CT molecular complexity index is 1170. The molecule has 0 saturated heterocycles. The quantitative estimate of drug-likeness (QED) is 0.384. The summed E-state index contributed by atoms with van der Waals surface area (Å²) in [4.78, 5) is 0. The number of rotatable bonds is 7. The summed E-state index contributed by atoms with van der Waals surface area (Å²) in [6, 6.07) is 23.3. The van der Waals surface area contributed by atoms with Crippen LogP contribution in [0.3, 0.4) is 0 Å². The van der Waals surface area contributed by atoms with Gasteiger partial charge in [0.25, 0.3) is 0 Å². The summed E-state index contributed by atoms with van der Waals surface area (Å²) in [5, 5.41) is 9.44. The van der Waals surface area contributed by atoms with Crippen LogP contribution < -0.4 is 15.1 Å². The lowest BCUT2D eigenvalue weighted by molar-refractivity contribution is 0.296. The van der Waals surface area contributed by atoms with E-state index in [1.165, 1.54) is 0 Å². The van der Waals surface area contributed by atoms with E-state index in [-0.39, 0.29) is 17.0 Å². The number of fused-ring (bicyclic) bond motifs is 1.